The number of carbonyl (C=O) groups excluding carboxylic acids is 1. The van der Waals surface area contributed by atoms with Gasteiger partial charge in [0.1, 0.15) is 0 Å². The Morgan fingerprint density at radius 1 is 1.37 bits per heavy atom. The predicted octanol–water partition coefficient (Wildman–Crippen LogP) is 2.86. The molecule has 0 fully saturated rings. The van der Waals surface area contributed by atoms with Crippen molar-refractivity contribution in [3.8, 4) is 0 Å². The number of urea groups is 1. The van der Waals surface area contributed by atoms with Gasteiger partial charge in [0.25, 0.3) is 0 Å². The van der Waals surface area contributed by atoms with E-state index in [0.29, 0.717) is 19.0 Å². The zero-order chi connectivity index (χ0) is 14.3. The molecule has 1 aromatic carbocycles. The molecule has 0 atom stereocenters. The van der Waals surface area contributed by atoms with Crippen molar-refractivity contribution < 1.29 is 4.79 Å². The fourth-order valence-electron chi connectivity index (χ4n) is 1.51. The monoisotopic (exact) mass is 326 g/mol. The average molecular weight is 327 g/mol. The molecule has 0 aliphatic carbocycles. The van der Waals surface area contributed by atoms with E-state index in [1.165, 1.54) is 0 Å². The number of nitrogens with one attached hydrogen (secondary N) is 3. The number of carbonyl (C=O) groups is 1. The molecular weight excluding hydrogens is 308 g/mol. The van der Waals surface area contributed by atoms with Crippen LogP contribution in [-0.4, -0.2) is 25.1 Å². The van der Waals surface area contributed by atoms with Crippen LogP contribution in [0.1, 0.15) is 19.4 Å². The van der Waals surface area contributed by atoms with E-state index >= 15 is 0 Å². The average Bonchev–Trinajstić information content (AvgIpc) is 2.35. The Hall–Kier alpha value is -1.56. The van der Waals surface area contributed by atoms with E-state index in [9.17, 15) is 4.79 Å². The lowest BCUT2D eigenvalue weighted by molar-refractivity contribution is 0.256. The van der Waals surface area contributed by atoms with Crippen LogP contribution in [0.15, 0.2) is 27.7 Å². The first-order valence-electron chi connectivity index (χ1n) is 6.19. The molecule has 0 unspecified atom stereocenters. The molecule has 6 heteroatoms. The maximum Gasteiger partial charge on any atom is 0.326 e. The number of rotatable bonds is 3. The number of aryl methyl sites for hydroxylation is 1. The molecule has 104 valence electrons. The van der Waals surface area contributed by atoms with Gasteiger partial charge in [-0.25, -0.2) is 4.79 Å². The van der Waals surface area contributed by atoms with Crippen molar-refractivity contribution in [2.45, 2.75) is 20.8 Å². The maximum absolute atomic E-state index is 11.9. The Balaban J connectivity index is 2.72. The van der Waals surface area contributed by atoms with Crippen molar-refractivity contribution >= 4 is 33.6 Å². The van der Waals surface area contributed by atoms with Crippen LogP contribution in [0.3, 0.4) is 0 Å². The van der Waals surface area contributed by atoms with Crippen molar-refractivity contribution in [2.75, 3.05) is 18.4 Å². The molecule has 0 aliphatic rings. The summed E-state index contributed by atoms with van der Waals surface area (Å²) in [5, 5.41) is 8.49. The van der Waals surface area contributed by atoms with Crippen molar-refractivity contribution in [3.05, 3.63) is 28.2 Å². The molecule has 0 saturated carbocycles. The van der Waals surface area contributed by atoms with Gasteiger partial charge in [0.15, 0.2) is 5.96 Å². The second-order valence-electron chi connectivity index (χ2n) is 3.86. The Bertz CT molecular complexity index is 453. The number of guanidine groups is 1. The molecule has 1 aromatic rings. The molecule has 0 heterocycles. The highest BCUT2D eigenvalue weighted by molar-refractivity contribution is 9.10. The van der Waals surface area contributed by atoms with E-state index in [1.807, 2.05) is 39.0 Å². The van der Waals surface area contributed by atoms with Crippen molar-refractivity contribution in [1.82, 2.24) is 10.6 Å². The Labute approximate surface area is 122 Å². The quantitative estimate of drug-likeness (QED) is 0.590. The summed E-state index contributed by atoms with van der Waals surface area (Å²) in [5.41, 5.74) is 1.74. The fraction of sp³-hybridized carbons (Fsp3) is 0.385. The lowest BCUT2D eigenvalue weighted by atomic mass is 10.2. The van der Waals surface area contributed by atoms with Crippen LogP contribution in [0.5, 0.6) is 0 Å². The van der Waals surface area contributed by atoms with Crippen LogP contribution in [-0.2, 0) is 0 Å². The molecule has 5 nitrogen and oxygen atoms in total. The highest BCUT2D eigenvalue weighted by Gasteiger charge is 2.09. The van der Waals surface area contributed by atoms with Gasteiger partial charge < -0.3 is 10.6 Å². The first-order chi connectivity index (χ1) is 9.08. The number of hydrogen-bond acceptors (Lipinski definition) is 2. The second-order valence-corrected chi connectivity index (χ2v) is 4.72. The van der Waals surface area contributed by atoms with Crippen molar-refractivity contribution in [2.24, 2.45) is 4.99 Å². The summed E-state index contributed by atoms with van der Waals surface area (Å²) < 4.78 is 0.847. The lowest BCUT2D eigenvalue weighted by Crippen LogP contribution is -2.43. The Morgan fingerprint density at radius 3 is 2.68 bits per heavy atom. The van der Waals surface area contributed by atoms with Crippen LogP contribution in [0.2, 0.25) is 0 Å². The summed E-state index contributed by atoms with van der Waals surface area (Å²) >= 11 is 3.41. The van der Waals surface area contributed by atoms with E-state index in [2.05, 4.69) is 36.9 Å². The SMILES string of the molecule is CCN=C(NCC)NC(=O)Nc1c(C)cccc1Br. The number of halogens is 1. The molecule has 3 N–H and O–H groups in total. The number of benzene rings is 1. The first-order valence-corrected chi connectivity index (χ1v) is 6.99. The lowest BCUT2D eigenvalue weighted by Gasteiger charge is -2.13. The third-order valence-corrected chi connectivity index (χ3v) is 3.01. The zero-order valence-corrected chi connectivity index (χ0v) is 13.0. The van der Waals surface area contributed by atoms with Gasteiger partial charge >= 0.3 is 6.03 Å². The number of aliphatic imine (C=N–C) groups is 1. The van der Waals surface area contributed by atoms with Crippen LogP contribution in [0.4, 0.5) is 10.5 Å². The zero-order valence-electron chi connectivity index (χ0n) is 11.4. The van der Waals surface area contributed by atoms with Crippen LogP contribution in [0, 0.1) is 6.92 Å². The smallest absolute Gasteiger partial charge is 0.326 e. The summed E-state index contributed by atoms with van der Waals surface area (Å²) in [5.74, 6) is 0.479. The van der Waals surface area contributed by atoms with E-state index < -0.39 is 0 Å². The topological polar surface area (TPSA) is 65.5 Å². The first kappa shape index (κ1) is 15.5. The van der Waals surface area contributed by atoms with Gasteiger partial charge in [0.2, 0.25) is 0 Å². The summed E-state index contributed by atoms with van der Waals surface area (Å²) in [6.07, 6.45) is 0. The molecule has 0 bridgehead atoms. The number of anilines is 1. The summed E-state index contributed by atoms with van der Waals surface area (Å²) in [7, 11) is 0. The van der Waals surface area contributed by atoms with Crippen molar-refractivity contribution in [1.29, 1.82) is 0 Å². The second kappa shape index (κ2) is 7.78. The standard InChI is InChI=1S/C13H19BrN4O/c1-4-15-12(16-5-2)18-13(19)17-11-9(3)7-6-8-10(11)14/h6-8H,4-5H2,1-3H3,(H3,15,16,17,18,19). The van der Waals surface area contributed by atoms with Gasteiger partial charge in [-0.1, -0.05) is 12.1 Å². The highest BCUT2D eigenvalue weighted by Crippen LogP contribution is 2.25. The molecule has 1 rings (SSSR count). The van der Waals surface area contributed by atoms with Gasteiger partial charge in [0, 0.05) is 17.6 Å². The molecule has 2 amide bonds. The van der Waals surface area contributed by atoms with E-state index in [0.717, 1.165) is 15.7 Å². The highest BCUT2D eigenvalue weighted by atomic mass is 79.9. The molecule has 0 aromatic heterocycles. The number of para-hydroxylation sites is 1. The van der Waals surface area contributed by atoms with E-state index in [-0.39, 0.29) is 6.03 Å². The van der Waals surface area contributed by atoms with Gasteiger partial charge in [-0.05, 0) is 48.3 Å². The molecule has 0 radical (unpaired) electrons. The van der Waals surface area contributed by atoms with Crippen LogP contribution < -0.4 is 16.0 Å². The summed E-state index contributed by atoms with van der Waals surface area (Å²) in [6, 6.07) is 5.42. The largest absolute Gasteiger partial charge is 0.356 e. The number of amides is 2. The van der Waals surface area contributed by atoms with Gasteiger partial charge in [-0.3, -0.25) is 10.3 Å². The summed E-state index contributed by atoms with van der Waals surface area (Å²) in [4.78, 5) is 16.1. The van der Waals surface area contributed by atoms with Gasteiger partial charge in [-0.15, -0.1) is 0 Å². The molecule has 19 heavy (non-hydrogen) atoms. The molecular formula is C13H19BrN4O. The van der Waals surface area contributed by atoms with E-state index in [1.54, 1.807) is 0 Å². The molecule has 0 aliphatic heterocycles. The normalized spacial score (nSPS) is 11.1. The molecule has 0 saturated heterocycles. The number of hydrogen-bond donors (Lipinski definition) is 3. The minimum atomic E-state index is -0.317. The van der Waals surface area contributed by atoms with Gasteiger partial charge in [0.05, 0.1) is 5.69 Å². The number of nitrogens with zero attached hydrogens (tertiary/aromatic N) is 1. The molecule has 0 spiro atoms. The third kappa shape index (κ3) is 4.90. The minimum Gasteiger partial charge on any atom is -0.356 e. The van der Waals surface area contributed by atoms with Crippen LogP contribution in [0.25, 0.3) is 0 Å². The van der Waals surface area contributed by atoms with Crippen LogP contribution >= 0.6 is 15.9 Å². The van der Waals surface area contributed by atoms with E-state index in [4.69, 9.17) is 0 Å². The fourth-order valence-corrected chi connectivity index (χ4v) is 2.07. The predicted molar refractivity (Wildman–Crippen MR) is 82.7 cm³/mol. The summed E-state index contributed by atoms with van der Waals surface area (Å²) in [6.45, 7) is 7.10. The van der Waals surface area contributed by atoms with Crippen molar-refractivity contribution in [3.63, 3.8) is 0 Å². The maximum atomic E-state index is 11.9. The minimum absolute atomic E-state index is 0.317. The third-order valence-electron chi connectivity index (χ3n) is 2.35. The Morgan fingerprint density at radius 2 is 2.11 bits per heavy atom. The Kier molecular flexibility index (Phi) is 6.35. The van der Waals surface area contributed by atoms with Gasteiger partial charge in [-0.2, -0.15) is 0 Å².